The van der Waals surface area contributed by atoms with E-state index in [9.17, 15) is 9.59 Å². The van der Waals surface area contributed by atoms with Crippen molar-refractivity contribution < 1.29 is 23.8 Å². The maximum absolute atomic E-state index is 12.1. The van der Waals surface area contributed by atoms with Crippen LogP contribution in [0.25, 0.3) is 0 Å². The Morgan fingerprint density at radius 3 is 2.42 bits per heavy atom. The van der Waals surface area contributed by atoms with Gasteiger partial charge >= 0.3 is 5.97 Å². The first-order valence-electron chi connectivity index (χ1n) is 7.85. The molecular weight excluding hydrogens is 358 g/mol. The molecule has 7 heteroatoms. The standard InChI is InChI=1S/C19H20ClNO5/c1-12-8-16(17(24-2)10-15(12)20)21-18(22)11-26-14-6-4-13(5-7-14)9-19(23)25-3/h4-8,10H,9,11H2,1-3H3,(H,21,22). The second-order valence-electron chi connectivity index (χ2n) is 5.54. The SMILES string of the molecule is COC(=O)Cc1ccc(OCC(=O)Nc2cc(C)c(Cl)cc2OC)cc1. The largest absolute Gasteiger partial charge is 0.495 e. The third kappa shape index (κ3) is 5.39. The van der Waals surface area contributed by atoms with Crippen molar-refractivity contribution >= 4 is 29.2 Å². The van der Waals surface area contributed by atoms with E-state index in [1.54, 1.807) is 36.4 Å². The van der Waals surface area contributed by atoms with E-state index in [1.165, 1.54) is 14.2 Å². The first-order chi connectivity index (χ1) is 12.4. The lowest BCUT2D eigenvalue weighted by molar-refractivity contribution is -0.139. The topological polar surface area (TPSA) is 73.9 Å². The highest BCUT2D eigenvalue weighted by Gasteiger charge is 2.11. The summed E-state index contributed by atoms with van der Waals surface area (Å²) in [6.07, 6.45) is 0.187. The van der Waals surface area contributed by atoms with Crippen LogP contribution in [0.1, 0.15) is 11.1 Å². The number of nitrogens with one attached hydrogen (secondary N) is 1. The van der Waals surface area contributed by atoms with Gasteiger partial charge in [-0.05, 0) is 36.2 Å². The highest BCUT2D eigenvalue weighted by molar-refractivity contribution is 6.31. The molecule has 1 N–H and O–H groups in total. The number of aryl methyl sites for hydroxylation is 1. The Labute approximate surface area is 157 Å². The third-order valence-corrected chi connectivity index (χ3v) is 4.03. The van der Waals surface area contributed by atoms with E-state index >= 15 is 0 Å². The van der Waals surface area contributed by atoms with Gasteiger partial charge in [0.25, 0.3) is 5.91 Å². The first kappa shape index (κ1) is 19.6. The first-order valence-corrected chi connectivity index (χ1v) is 8.23. The Bertz CT molecular complexity index is 789. The molecule has 0 heterocycles. The number of benzene rings is 2. The number of methoxy groups -OCH3 is 2. The van der Waals surface area contributed by atoms with Crippen molar-refractivity contribution in [1.82, 2.24) is 0 Å². The van der Waals surface area contributed by atoms with E-state index in [0.717, 1.165) is 11.1 Å². The molecule has 0 fully saturated rings. The predicted octanol–water partition coefficient (Wildman–Crippen LogP) is 3.39. The van der Waals surface area contributed by atoms with Crippen LogP contribution in [-0.4, -0.2) is 32.7 Å². The molecule has 0 aliphatic heterocycles. The number of amides is 1. The molecule has 0 atom stereocenters. The van der Waals surface area contributed by atoms with E-state index < -0.39 is 0 Å². The summed E-state index contributed by atoms with van der Waals surface area (Å²) in [6, 6.07) is 10.3. The van der Waals surface area contributed by atoms with Crippen LogP contribution >= 0.6 is 11.6 Å². The van der Waals surface area contributed by atoms with Gasteiger partial charge in [0, 0.05) is 11.1 Å². The summed E-state index contributed by atoms with van der Waals surface area (Å²) in [5.74, 6) is 0.350. The second-order valence-corrected chi connectivity index (χ2v) is 5.94. The summed E-state index contributed by atoms with van der Waals surface area (Å²) < 4.78 is 15.3. The molecule has 0 aliphatic rings. The van der Waals surface area contributed by atoms with Crippen molar-refractivity contribution in [3.05, 3.63) is 52.5 Å². The van der Waals surface area contributed by atoms with Crippen LogP contribution in [0.15, 0.2) is 36.4 Å². The Morgan fingerprint density at radius 1 is 1.12 bits per heavy atom. The summed E-state index contributed by atoms with van der Waals surface area (Å²) >= 11 is 6.05. The van der Waals surface area contributed by atoms with Gasteiger partial charge in [-0.2, -0.15) is 0 Å². The molecule has 0 aromatic heterocycles. The number of halogens is 1. The van der Waals surface area contributed by atoms with Crippen LogP contribution < -0.4 is 14.8 Å². The lowest BCUT2D eigenvalue weighted by Crippen LogP contribution is -2.20. The number of hydrogen-bond acceptors (Lipinski definition) is 5. The van der Waals surface area contributed by atoms with Gasteiger partial charge in [0.15, 0.2) is 6.61 Å². The molecule has 2 aromatic carbocycles. The monoisotopic (exact) mass is 377 g/mol. The highest BCUT2D eigenvalue weighted by Crippen LogP contribution is 2.30. The van der Waals surface area contributed by atoms with Crippen LogP contribution in [0.5, 0.6) is 11.5 Å². The van der Waals surface area contributed by atoms with Gasteiger partial charge in [-0.1, -0.05) is 23.7 Å². The Kier molecular flexibility index (Phi) is 6.86. The van der Waals surface area contributed by atoms with Gasteiger partial charge in [-0.15, -0.1) is 0 Å². The molecular formula is C19H20ClNO5. The molecule has 0 aliphatic carbocycles. The number of rotatable bonds is 7. The zero-order chi connectivity index (χ0) is 19.1. The van der Waals surface area contributed by atoms with E-state index in [1.807, 2.05) is 6.92 Å². The van der Waals surface area contributed by atoms with E-state index in [4.69, 9.17) is 21.1 Å². The minimum Gasteiger partial charge on any atom is -0.495 e. The fraction of sp³-hybridized carbons (Fsp3) is 0.263. The van der Waals surface area contributed by atoms with Gasteiger partial charge in [0.2, 0.25) is 0 Å². The van der Waals surface area contributed by atoms with Gasteiger partial charge in [-0.3, -0.25) is 9.59 Å². The van der Waals surface area contributed by atoms with Gasteiger partial charge in [0.05, 0.1) is 26.3 Å². The van der Waals surface area contributed by atoms with E-state index in [-0.39, 0.29) is 24.9 Å². The Balaban J connectivity index is 1.93. The third-order valence-electron chi connectivity index (χ3n) is 3.62. The van der Waals surface area contributed by atoms with Gasteiger partial charge < -0.3 is 19.5 Å². The number of hydrogen-bond donors (Lipinski definition) is 1. The summed E-state index contributed by atoms with van der Waals surface area (Å²) in [5.41, 5.74) is 2.15. The maximum atomic E-state index is 12.1. The summed E-state index contributed by atoms with van der Waals surface area (Å²) in [7, 11) is 2.85. The van der Waals surface area contributed by atoms with Crippen molar-refractivity contribution in [3.63, 3.8) is 0 Å². The molecule has 0 bridgehead atoms. The quantitative estimate of drug-likeness (QED) is 0.749. The maximum Gasteiger partial charge on any atom is 0.309 e. The molecule has 138 valence electrons. The molecule has 0 saturated heterocycles. The molecule has 2 rings (SSSR count). The average Bonchev–Trinajstić information content (AvgIpc) is 2.63. The zero-order valence-corrected chi connectivity index (χ0v) is 15.6. The zero-order valence-electron chi connectivity index (χ0n) is 14.8. The molecule has 0 radical (unpaired) electrons. The lowest BCUT2D eigenvalue weighted by Gasteiger charge is -2.13. The summed E-state index contributed by atoms with van der Waals surface area (Å²) in [4.78, 5) is 23.3. The molecule has 0 saturated carbocycles. The number of ether oxygens (including phenoxy) is 3. The molecule has 2 aromatic rings. The normalized spacial score (nSPS) is 10.2. The minimum absolute atomic E-state index is 0.165. The van der Waals surface area contributed by atoms with Crippen molar-refractivity contribution in [2.24, 2.45) is 0 Å². The van der Waals surface area contributed by atoms with Crippen LogP contribution in [0, 0.1) is 6.92 Å². The van der Waals surface area contributed by atoms with Crippen molar-refractivity contribution in [2.45, 2.75) is 13.3 Å². The van der Waals surface area contributed by atoms with Gasteiger partial charge in [0.1, 0.15) is 11.5 Å². The van der Waals surface area contributed by atoms with Crippen molar-refractivity contribution in [3.8, 4) is 11.5 Å². The van der Waals surface area contributed by atoms with Crippen LogP contribution in [0.2, 0.25) is 5.02 Å². The van der Waals surface area contributed by atoms with E-state index in [0.29, 0.717) is 22.2 Å². The Morgan fingerprint density at radius 2 is 1.81 bits per heavy atom. The van der Waals surface area contributed by atoms with Gasteiger partial charge in [-0.25, -0.2) is 0 Å². The van der Waals surface area contributed by atoms with Crippen LogP contribution in [0.3, 0.4) is 0 Å². The average molecular weight is 378 g/mol. The fourth-order valence-electron chi connectivity index (χ4n) is 2.21. The minimum atomic E-state index is -0.330. The number of esters is 1. The fourth-order valence-corrected chi connectivity index (χ4v) is 2.36. The highest BCUT2D eigenvalue weighted by atomic mass is 35.5. The number of carbonyl (C=O) groups is 2. The molecule has 0 unspecified atom stereocenters. The number of anilines is 1. The van der Waals surface area contributed by atoms with Crippen LogP contribution in [0.4, 0.5) is 5.69 Å². The smallest absolute Gasteiger partial charge is 0.309 e. The van der Waals surface area contributed by atoms with Crippen LogP contribution in [-0.2, 0) is 20.7 Å². The molecule has 0 spiro atoms. The van der Waals surface area contributed by atoms with Crippen molar-refractivity contribution in [2.75, 3.05) is 26.1 Å². The number of carbonyl (C=O) groups excluding carboxylic acids is 2. The molecule has 6 nitrogen and oxygen atoms in total. The molecule has 1 amide bonds. The lowest BCUT2D eigenvalue weighted by atomic mass is 10.1. The van der Waals surface area contributed by atoms with Crippen molar-refractivity contribution in [1.29, 1.82) is 0 Å². The Hall–Kier alpha value is -2.73. The predicted molar refractivity (Wildman–Crippen MR) is 99.0 cm³/mol. The second kappa shape index (κ2) is 9.10. The summed E-state index contributed by atoms with van der Waals surface area (Å²) in [5, 5.41) is 3.29. The molecule has 26 heavy (non-hydrogen) atoms. The summed E-state index contributed by atoms with van der Waals surface area (Å²) in [6.45, 7) is 1.67. The van der Waals surface area contributed by atoms with E-state index in [2.05, 4.69) is 10.1 Å².